The van der Waals surface area contributed by atoms with E-state index >= 15 is 0 Å². The molecule has 0 spiro atoms. The Morgan fingerprint density at radius 2 is 2.19 bits per heavy atom. The molecule has 4 nitrogen and oxygen atoms in total. The SMILES string of the molecule is COC(=O)CCC1=CCN(CCc2cccc(F)c2)C1=O. The number of hydrogen-bond donors (Lipinski definition) is 0. The number of rotatable bonds is 6. The average Bonchev–Trinajstić information content (AvgIpc) is 2.83. The van der Waals surface area contributed by atoms with Crippen molar-refractivity contribution < 1.29 is 18.7 Å². The van der Waals surface area contributed by atoms with Crippen LogP contribution in [0.2, 0.25) is 0 Å². The maximum absolute atomic E-state index is 13.1. The summed E-state index contributed by atoms with van der Waals surface area (Å²) in [5.41, 5.74) is 1.52. The summed E-state index contributed by atoms with van der Waals surface area (Å²) in [6, 6.07) is 6.38. The molecule has 0 fully saturated rings. The molecule has 1 aromatic carbocycles. The fourth-order valence-electron chi connectivity index (χ4n) is 2.29. The Hall–Kier alpha value is -2.17. The molecule has 0 saturated carbocycles. The van der Waals surface area contributed by atoms with Gasteiger partial charge in [0.25, 0.3) is 0 Å². The Kier molecular flexibility index (Phi) is 5.09. The van der Waals surface area contributed by atoms with E-state index in [1.807, 2.05) is 12.1 Å². The van der Waals surface area contributed by atoms with Crippen LogP contribution in [-0.4, -0.2) is 37.0 Å². The highest BCUT2D eigenvalue weighted by Crippen LogP contribution is 2.17. The van der Waals surface area contributed by atoms with E-state index in [4.69, 9.17) is 0 Å². The number of amides is 1. The van der Waals surface area contributed by atoms with Crippen molar-refractivity contribution in [2.45, 2.75) is 19.3 Å². The van der Waals surface area contributed by atoms with Crippen LogP contribution in [-0.2, 0) is 20.7 Å². The fraction of sp³-hybridized carbons (Fsp3) is 0.375. The molecule has 0 bridgehead atoms. The first kappa shape index (κ1) is 15.2. The summed E-state index contributed by atoms with van der Waals surface area (Å²) >= 11 is 0. The van der Waals surface area contributed by atoms with Gasteiger partial charge in [0.1, 0.15) is 5.82 Å². The van der Waals surface area contributed by atoms with Gasteiger partial charge in [-0.1, -0.05) is 18.2 Å². The summed E-state index contributed by atoms with van der Waals surface area (Å²) < 4.78 is 17.6. The monoisotopic (exact) mass is 291 g/mol. The van der Waals surface area contributed by atoms with E-state index in [1.54, 1.807) is 11.0 Å². The number of halogens is 1. The van der Waals surface area contributed by atoms with Gasteiger partial charge in [0.15, 0.2) is 0 Å². The van der Waals surface area contributed by atoms with Crippen molar-refractivity contribution in [3.63, 3.8) is 0 Å². The standard InChI is InChI=1S/C16H18FNO3/c1-21-15(19)6-5-13-8-10-18(16(13)20)9-7-12-3-2-4-14(17)11-12/h2-4,8,11H,5-7,9-10H2,1H3. The number of carbonyl (C=O) groups is 2. The Bertz CT molecular complexity index is 568. The summed E-state index contributed by atoms with van der Waals surface area (Å²) in [6.45, 7) is 1.09. The summed E-state index contributed by atoms with van der Waals surface area (Å²) in [5.74, 6) is -0.630. The number of hydrogen-bond acceptors (Lipinski definition) is 3. The van der Waals surface area contributed by atoms with Crippen molar-refractivity contribution in [3.8, 4) is 0 Å². The van der Waals surface area contributed by atoms with Gasteiger partial charge in [0.05, 0.1) is 7.11 Å². The van der Waals surface area contributed by atoms with Gasteiger partial charge in [-0.2, -0.15) is 0 Å². The summed E-state index contributed by atoms with van der Waals surface area (Å²) in [4.78, 5) is 24.9. The minimum absolute atomic E-state index is 0.0460. The second-order valence-electron chi connectivity index (χ2n) is 4.94. The van der Waals surface area contributed by atoms with Crippen LogP contribution in [0.3, 0.4) is 0 Å². The molecule has 1 aliphatic heterocycles. The zero-order valence-electron chi connectivity index (χ0n) is 12.0. The van der Waals surface area contributed by atoms with E-state index in [2.05, 4.69) is 4.74 Å². The highest BCUT2D eigenvalue weighted by molar-refractivity contribution is 5.96. The van der Waals surface area contributed by atoms with Gasteiger partial charge in [0.2, 0.25) is 5.91 Å². The molecular weight excluding hydrogens is 273 g/mol. The second-order valence-corrected chi connectivity index (χ2v) is 4.94. The molecule has 0 saturated heterocycles. The second kappa shape index (κ2) is 7.02. The normalized spacial score (nSPS) is 14.3. The topological polar surface area (TPSA) is 46.6 Å². The van der Waals surface area contributed by atoms with Crippen LogP contribution in [0.4, 0.5) is 4.39 Å². The number of esters is 1. The van der Waals surface area contributed by atoms with E-state index in [0.717, 1.165) is 5.56 Å². The van der Waals surface area contributed by atoms with Crippen molar-refractivity contribution in [1.82, 2.24) is 4.90 Å². The molecule has 0 aromatic heterocycles. The molecule has 0 atom stereocenters. The van der Waals surface area contributed by atoms with Crippen molar-refractivity contribution in [3.05, 3.63) is 47.3 Å². The van der Waals surface area contributed by atoms with E-state index < -0.39 is 0 Å². The molecule has 1 amide bonds. The first-order valence-electron chi connectivity index (χ1n) is 6.89. The predicted octanol–water partition coefficient (Wildman–Crippen LogP) is 2.09. The predicted molar refractivity (Wildman–Crippen MR) is 76.0 cm³/mol. The molecule has 2 rings (SSSR count). The largest absolute Gasteiger partial charge is 0.469 e. The third-order valence-corrected chi connectivity index (χ3v) is 3.51. The molecule has 21 heavy (non-hydrogen) atoms. The summed E-state index contributed by atoms with van der Waals surface area (Å²) in [7, 11) is 1.33. The lowest BCUT2D eigenvalue weighted by atomic mass is 10.1. The Labute approximate surface area is 123 Å². The quantitative estimate of drug-likeness (QED) is 0.754. The van der Waals surface area contributed by atoms with Gasteiger partial charge in [0, 0.05) is 25.1 Å². The molecule has 0 radical (unpaired) electrons. The third kappa shape index (κ3) is 4.15. The van der Waals surface area contributed by atoms with Gasteiger partial charge >= 0.3 is 5.97 Å². The van der Waals surface area contributed by atoms with E-state index in [1.165, 1.54) is 19.2 Å². The van der Waals surface area contributed by atoms with Crippen molar-refractivity contribution in [2.75, 3.05) is 20.2 Å². The van der Waals surface area contributed by atoms with Crippen LogP contribution < -0.4 is 0 Å². The van der Waals surface area contributed by atoms with Crippen LogP contribution in [0.25, 0.3) is 0 Å². The molecule has 0 N–H and O–H groups in total. The number of nitrogens with zero attached hydrogens (tertiary/aromatic N) is 1. The van der Waals surface area contributed by atoms with Gasteiger partial charge < -0.3 is 9.64 Å². The smallest absolute Gasteiger partial charge is 0.305 e. The number of ether oxygens (including phenoxy) is 1. The highest BCUT2D eigenvalue weighted by Gasteiger charge is 2.23. The Morgan fingerprint density at radius 3 is 2.90 bits per heavy atom. The fourth-order valence-corrected chi connectivity index (χ4v) is 2.29. The zero-order chi connectivity index (χ0) is 15.2. The van der Waals surface area contributed by atoms with Crippen LogP contribution in [0.5, 0.6) is 0 Å². The third-order valence-electron chi connectivity index (χ3n) is 3.51. The number of methoxy groups -OCH3 is 1. The van der Waals surface area contributed by atoms with Crippen molar-refractivity contribution in [2.24, 2.45) is 0 Å². The summed E-state index contributed by atoms with van der Waals surface area (Å²) in [5, 5.41) is 0. The molecule has 1 aromatic rings. The zero-order valence-corrected chi connectivity index (χ0v) is 12.0. The molecule has 1 heterocycles. The minimum atomic E-state index is -0.318. The molecule has 0 unspecified atom stereocenters. The number of carbonyl (C=O) groups excluding carboxylic acids is 2. The molecule has 0 aliphatic carbocycles. The molecular formula is C16H18FNO3. The maximum atomic E-state index is 13.1. The van der Waals surface area contributed by atoms with Crippen molar-refractivity contribution in [1.29, 1.82) is 0 Å². The molecule has 5 heteroatoms. The maximum Gasteiger partial charge on any atom is 0.305 e. The van der Waals surface area contributed by atoms with E-state index in [-0.39, 0.29) is 24.1 Å². The van der Waals surface area contributed by atoms with E-state index in [9.17, 15) is 14.0 Å². The average molecular weight is 291 g/mol. The lowest BCUT2D eigenvalue weighted by Crippen LogP contribution is -2.29. The number of benzene rings is 1. The van der Waals surface area contributed by atoms with Gasteiger partial charge in [-0.25, -0.2) is 4.39 Å². The molecule has 112 valence electrons. The lowest BCUT2D eigenvalue weighted by molar-refractivity contribution is -0.140. The van der Waals surface area contributed by atoms with Crippen LogP contribution in [0, 0.1) is 5.82 Å². The minimum Gasteiger partial charge on any atom is -0.469 e. The first-order valence-corrected chi connectivity index (χ1v) is 6.89. The van der Waals surface area contributed by atoms with Gasteiger partial charge in [-0.3, -0.25) is 9.59 Å². The van der Waals surface area contributed by atoms with Crippen LogP contribution in [0.1, 0.15) is 18.4 Å². The Morgan fingerprint density at radius 1 is 1.38 bits per heavy atom. The van der Waals surface area contributed by atoms with Crippen molar-refractivity contribution >= 4 is 11.9 Å². The Balaban J connectivity index is 1.82. The molecule has 1 aliphatic rings. The highest BCUT2D eigenvalue weighted by atomic mass is 19.1. The van der Waals surface area contributed by atoms with Crippen LogP contribution in [0.15, 0.2) is 35.9 Å². The lowest BCUT2D eigenvalue weighted by Gasteiger charge is -2.16. The van der Waals surface area contributed by atoms with E-state index in [0.29, 0.717) is 31.5 Å². The van der Waals surface area contributed by atoms with Gasteiger partial charge in [-0.05, 0) is 30.5 Å². The first-order chi connectivity index (χ1) is 10.1. The summed E-state index contributed by atoms with van der Waals surface area (Å²) in [6.07, 6.45) is 3.08. The van der Waals surface area contributed by atoms with Crippen LogP contribution >= 0.6 is 0 Å². The van der Waals surface area contributed by atoms with Gasteiger partial charge in [-0.15, -0.1) is 0 Å².